The second-order valence-electron chi connectivity index (χ2n) is 4.01. The van der Waals surface area contributed by atoms with Gasteiger partial charge in [0, 0.05) is 6.54 Å². The van der Waals surface area contributed by atoms with Crippen molar-refractivity contribution in [2.75, 3.05) is 13.2 Å². The standard InChI is InChI=1S/C13H21NO3S/c1-3-5-6-11-14-18(15,16)13-9-7-12(8-10-13)17-4-2/h7-10,14H,3-6,11H2,1-2H3. The maximum absolute atomic E-state index is 11.9. The summed E-state index contributed by atoms with van der Waals surface area (Å²) >= 11 is 0. The summed E-state index contributed by atoms with van der Waals surface area (Å²) in [5.41, 5.74) is 0. The van der Waals surface area contributed by atoms with Crippen molar-refractivity contribution < 1.29 is 13.2 Å². The highest BCUT2D eigenvalue weighted by molar-refractivity contribution is 7.89. The van der Waals surface area contributed by atoms with Crippen LogP contribution in [0.3, 0.4) is 0 Å². The molecule has 0 saturated carbocycles. The van der Waals surface area contributed by atoms with Crippen LogP contribution in [0.1, 0.15) is 33.1 Å². The van der Waals surface area contributed by atoms with Gasteiger partial charge < -0.3 is 4.74 Å². The van der Waals surface area contributed by atoms with E-state index < -0.39 is 10.0 Å². The third-order valence-electron chi connectivity index (χ3n) is 2.52. The van der Waals surface area contributed by atoms with Crippen LogP contribution >= 0.6 is 0 Å². The summed E-state index contributed by atoms with van der Waals surface area (Å²) in [5.74, 6) is 0.683. The minimum Gasteiger partial charge on any atom is -0.494 e. The van der Waals surface area contributed by atoms with Gasteiger partial charge in [0.25, 0.3) is 0 Å². The first kappa shape index (κ1) is 15.0. The van der Waals surface area contributed by atoms with Gasteiger partial charge in [0.15, 0.2) is 0 Å². The molecule has 0 aliphatic heterocycles. The molecule has 1 aromatic carbocycles. The fraction of sp³-hybridized carbons (Fsp3) is 0.538. The van der Waals surface area contributed by atoms with E-state index in [1.807, 2.05) is 6.92 Å². The zero-order valence-corrected chi connectivity index (χ0v) is 11.8. The van der Waals surface area contributed by atoms with Crippen molar-refractivity contribution in [1.29, 1.82) is 0 Å². The molecular formula is C13H21NO3S. The molecule has 18 heavy (non-hydrogen) atoms. The van der Waals surface area contributed by atoms with Crippen molar-refractivity contribution in [1.82, 2.24) is 4.72 Å². The molecule has 0 unspecified atom stereocenters. The van der Waals surface area contributed by atoms with Gasteiger partial charge in [-0.2, -0.15) is 0 Å². The molecule has 0 radical (unpaired) electrons. The van der Waals surface area contributed by atoms with E-state index in [1.165, 1.54) is 0 Å². The van der Waals surface area contributed by atoms with Gasteiger partial charge in [-0.15, -0.1) is 0 Å². The highest BCUT2D eigenvalue weighted by Gasteiger charge is 2.12. The summed E-state index contributed by atoms with van der Waals surface area (Å²) in [5, 5.41) is 0. The smallest absolute Gasteiger partial charge is 0.240 e. The van der Waals surface area contributed by atoms with Gasteiger partial charge in [0.1, 0.15) is 5.75 Å². The first-order chi connectivity index (χ1) is 8.60. The molecule has 1 rings (SSSR count). The minimum atomic E-state index is -3.38. The van der Waals surface area contributed by atoms with Crippen LogP contribution in [0.5, 0.6) is 5.75 Å². The summed E-state index contributed by atoms with van der Waals surface area (Å²) < 4.78 is 31.7. The molecule has 5 heteroatoms. The minimum absolute atomic E-state index is 0.280. The normalized spacial score (nSPS) is 11.4. The Morgan fingerprint density at radius 1 is 1.11 bits per heavy atom. The molecule has 0 atom stereocenters. The molecule has 102 valence electrons. The van der Waals surface area contributed by atoms with E-state index >= 15 is 0 Å². The highest BCUT2D eigenvalue weighted by Crippen LogP contribution is 2.15. The SMILES string of the molecule is CCCCCNS(=O)(=O)c1ccc(OCC)cc1. The van der Waals surface area contributed by atoms with Crippen LogP contribution in [0.2, 0.25) is 0 Å². The number of hydrogen-bond donors (Lipinski definition) is 1. The Morgan fingerprint density at radius 2 is 1.78 bits per heavy atom. The first-order valence-corrected chi connectivity index (χ1v) is 7.81. The summed E-state index contributed by atoms with van der Waals surface area (Å²) in [4.78, 5) is 0.280. The predicted molar refractivity (Wildman–Crippen MR) is 72.3 cm³/mol. The Kier molecular flexibility index (Phi) is 6.15. The first-order valence-electron chi connectivity index (χ1n) is 6.32. The maximum Gasteiger partial charge on any atom is 0.240 e. The zero-order chi connectivity index (χ0) is 13.4. The van der Waals surface area contributed by atoms with Gasteiger partial charge in [-0.25, -0.2) is 13.1 Å². The Bertz CT molecular complexity index is 440. The van der Waals surface area contributed by atoms with E-state index in [4.69, 9.17) is 4.74 Å². The lowest BCUT2D eigenvalue weighted by Gasteiger charge is -2.07. The quantitative estimate of drug-likeness (QED) is 0.739. The van der Waals surface area contributed by atoms with Gasteiger partial charge in [-0.3, -0.25) is 0 Å². The van der Waals surface area contributed by atoms with Crippen molar-refractivity contribution in [3.8, 4) is 5.75 Å². The fourth-order valence-corrected chi connectivity index (χ4v) is 2.62. The molecule has 0 bridgehead atoms. The van der Waals surface area contributed by atoms with E-state index in [0.29, 0.717) is 18.9 Å². The van der Waals surface area contributed by atoms with Crippen LogP contribution in [0.15, 0.2) is 29.2 Å². The lowest BCUT2D eigenvalue weighted by Crippen LogP contribution is -2.24. The highest BCUT2D eigenvalue weighted by atomic mass is 32.2. The number of sulfonamides is 1. The van der Waals surface area contributed by atoms with E-state index in [9.17, 15) is 8.42 Å². The van der Waals surface area contributed by atoms with Crippen LogP contribution in [-0.4, -0.2) is 21.6 Å². The third-order valence-corrected chi connectivity index (χ3v) is 3.99. The summed E-state index contributed by atoms with van der Waals surface area (Å²) in [6, 6.07) is 6.47. The molecule has 1 aromatic rings. The Morgan fingerprint density at radius 3 is 2.33 bits per heavy atom. The number of benzene rings is 1. The number of rotatable bonds is 8. The predicted octanol–water partition coefficient (Wildman–Crippen LogP) is 2.55. The lowest BCUT2D eigenvalue weighted by molar-refractivity contribution is 0.340. The van der Waals surface area contributed by atoms with Crippen molar-refractivity contribution in [3.63, 3.8) is 0 Å². The zero-order valence-electron chi connectivity index (χ0n) is 11.0. The molecule has 0 saturated heterocycles. The molecule has 0 amide bonds. The molecule has 0 fully saturated rings. The third kappa shape index (κ3) is 4.66. The maximum atomic E-state index is 11.9. The van der Waals surface area contributed by atoms with Gasteiger partial charge in [0.2, 0.25) is 10.0 Å². The largest absolute Gasteiger partial charge is 0.494 e. The Balaban J connectivity index is 2.61. The van der Waals surface area contributed by atoms with Crippen LogP contribution in [-0.2, 0) is 10.0 Å². The lowest BCUT2D eigenvalue weighted by atomic mass is 10.3. The fourth-order valence-electron chi connectivity index (χ4n) is 1.55. The van der Waals surface area contributed by atoms with Crippen LogP contribution in [0.4, 0.5) is 0 Å². The van der Waals surface area contributed by atoms with E-state index in [1.54, 1.807) is 24.3 Å². The van der Waals surface area contributed by atoms with Crippen LogP contribution in [0.25, 0.3) is 0 Å². The number of unbranched alkanes of at least 4 members (excludes halogenated alkanes) is 2. The van der Waals surface area contributed by atoms with E-state index in [2.05, 4.69) is 11.6 Å². The molecular weight excluding hydrogens is 250 g/mol. The van der Waals surface area contributed by atoms with Gasteiger partial charge in [-0.1, -0.05) is 19.8 Å². The molecule has 0 aromatic heterocycles. The Hall–Kier alpha value is -1.07. The monoisotopic (exact) mass is 271 g/mol. The average molecular weight is 271 g/mol. The summed E-state index contributed by atoms with van der Waals surface area (Å²) in [6.45, 7) is 5.03. The van der Waals surface area contributed by atoms with Crippen molar-refractivity contribution in [2.45, 2.75) is 38.0 Å². The second-order valence-corrected chi connectivity index (χ2v) is 5.78. The molecule has 0 aliphatic rings. The topological polar surface area (TPSA) is 55.4 Å². The Labute approximate surface area is 109 Å². The van der Waals surface area contributed by atoms with Crippen LogP contribution in [0, 0.1) is 0 Å². The summed E-state index contributed by atoms with van der Waals surface area (Å²) in [7, 11) is -3.38. The number of hydrogen-bond acceptors (Lipinski definition) is 3. The van der Waals surface area contributed by atoms with Crippen molar-refractivity contribution in [3.05, 3.63) is 24.3 Å². The number of nitrogens with one attached hydrogen (secondary N) is 1. The van der Waals surface area contributed by atoms with Crippen molar-refractivity contribution in [2.24, 2.45) is 0 Å². The second kappa shape index (κ2) is 7.38. The molecule has 4 nitrogen and oxygen atoms in total. The van der Waals surface area contributed by atoms with Gasteiger partial charge in [-0.05, 0) is 37.6 Å². The van der Waals surface area contributed by atoms with Gasteiger partial charge in [0.05, 0.1) is 11.5 Å². The van der Waals surface area contributed by atoms with Crippen LogP contribution < -0.4 is 9.46 Å². The molecule has 0 spiro atoms. The van der Waals surface area contributed by atoms with Crippen molar-refractivity contribution >= 4 is 10.0 Å². The molecule has 0 aliphatic carbocycles. The van der Waals surface area contributed by atoms with E-state index in [-0.39, 0.29) is 4.90 Å². The van der Waals surface area contributed by atoms with E-state index in [0.717, 1.165) is 19.3 Å². The average Bonchev–Trinajstić information content (AvgIpc) is 2.36. The summed E-state index contributed by atoms with van der Waals surface area (Å²) in [6.07, 6.45) is 2.98. The molecule has 1 N–H and O–H groups in total. The molecule has 0 heterocycles. The number of ether oxygens (including phenoxy) is 1. The van der Waals surface area contributed by atoms with Gasteiger partial charge >= 0.3 is 0 Å².